The maximum Gasteiger partial charge on any atom is 0.229 e. The molecule has 190 valence electrons. The van der Waals surface area contributed by atoms with E-state index in [1.807, 2.05) is 42.5 Å². The van der Waals surface area contributed by atoms with Crippen LogP contribution in [0.15, 0.2) is 83.5 Å². The van der Waals surface area contributed by atoms with E-state index in [9.17, 15) is 8.42 Å². The van der Waals surface area contributed by atoms with E-state index in [2.05, 4.69) is 72.5 Å². The van der Waals surface area contributed by atoms with Crippen LogP contribution in [0, 0.1) is 13.8 Å². The summed E-state index contributed by atoms with van der Waals surface area (Å²) in [6, 6.07) is 23.2. The second-order valence-electron chi connectivity index (χ2n) is 9.06. The summed E-state index contributed by atoms with van der Waals surface area (Å²) in [6.45, 7) is 4.22. The lowest BCUT2D eigenvalue weighted by Crippen LogP contribution is -2.29. The average Bonchev–Trinajstić information content (AvgIpc) is 3.34. The summed E-state index contributed by atoms with van der Waals surface area (Å²) in [5, 5.41) is 4.07. The van der Waals surface area contributed by atoms with E-state index in [1.54, 1.807) is 18.3 Å². The Kier molecular flexibility index (Phi) is 6.82. The molecule has 0 aliphatic carbocycles. The van der Waals surface area contributed by atoms with Crippen molar-refractivity contribution in [3.8, 4) is 5.69 Å². The Bertz CT molecular complexity index is 1570. The fourth-order valence-corrected chi connectivity index (χ4v) is 6.25. The van der Waals surface area contributed by atoms with Gasteiger partial charge in [0.05, 0.1) is 24.0 Å². The number of aryl methyl sites for hydroxylation is 1. The fourth-order valence-electron chi connectivity index (χ4n) is 4.95. The number of sulfonamides is 1. The van der Waals surface area contributed by atoms with Crippen molar-refractivity contribution in [3.05, 3.63) is 106 Å². The Morgan fingerprint density at radius 1 is 1.00 bits per heavy atom. The van der Waals surface area contributed by atoms with E-state index in [0.29, 0.717) is 10.8 Å². The number of hydrogen-bond acceptors (Lipinski definition) is 4. The number of thiocarbonyl (C=S) groups is 1. The molecule has 4 aromatic rings. The monoisotopic (exact) mass is 595 g/mol. The summed E-state index contributed by atoms with van der Waals surface area (Å²) < 4.78 is 29.1. The van der Waals surface area contributed by atoms with Gasteiger partial charge >= 0.3 is 0 Å². The molecule has 1 saturated heterocycles. The van der Waals surface area contributed by atoms with Crippen LogP contribution in [0.1, 0.15) is 34.7 Å². The van der Waals surface area contributed by atoms with Gasteiger partial charge in [-0.05, 0) is 92.3 Å². The lowest BCUT2D eigenvalue weighted by Gasteiger charge is -2.28. The number of anilines is 2. The van der Waals surface area contributed by atoms with Crippen LogP contribution in [0.3, 0.4) is 0 Å². The minimum atomic E-state index is -3.37. The van der Waals surface area contributed by atoms with Gasteiger partial charge in [0.15, 0.2) is 5.11 Å². The summed E-state index contributed by atoms with van der Waals surface area (Å²) >= 11 is 9.45. The Balaban J connectivity index is 1.63. The number of nitrogens with one attached hydrogen (secondary N) is 2. The van der Waals surface area contributed by atoms with Crippen molar-refractivity contribution < 1.29 is 8.42 Å². The van der Waals surface area contributed by atoms with Crippen LogP contribution in [-0.2, 0) is 10.0 Å². The Morgan fingerprint density at radius 3 is 2.41 bits per heavy atom. The second kappa shape index (κ2) is 9.92. The van der Waals surface area contributed by atoms with Crippen LogP contribution >= 0.6 is 28.1 Å². The molecule has 5 rings (SSSR count). The molecule has 1 fully saturated rings. The number of hydrogen-bond donors (Lipinski definition) is 2. The molecule has 3 heterocycles. The van der Waals surface area contributed by atoms with Gasteiger partial charge in [-0.25, -0.2) is 8.42 Å². The molecular weight excluding hydrogens is 570 g/mol. The largest absolute Gasteiger partial charge is 0.351 e. The van der Waals surface area contributed by atoms with Gasteiger partial charge in [-0.1, -0.05) is 28.1 Å². The lowest BCUT2D eigenvalue weighted by molar-refractivity contribution is 0.565. The molecule has 0 radical (unpaired) electrons. The summed E-state index contributed by atoms with van der Waals surface area (Å²) in [6.07, 6.45) is 2.92. The van der Waals surface area contributed by atoms with Gasteiger partial charge in [0, 0.05) is 39.1 Å². The first-order chi connectivity index (χ1) is 17.6. The second-order valence-corrected chi connectivity index (χ2v) is 12.1. The van der Waals surface area contributed by atoms with Crippen molar-refractivity contribution in [1.82, 2.24) is 14.9 Å². The number of aromatic nitrogens is 2. The van der Waals surface area contributed by atoms with E-state index >= 15 is 0 Å². The van der Waals surface area contributed by atoms with Gasteiger partial charge < -0.3 is 14.8 Å². The van der Waals surface area contributed by atoms with Gasteiger partial charge in [-0.3, -0.25) is 9.71 Å². The zero-order chi connectivity index (χ0) is 26.3. The van der Waals surface area contributed by atoms with Crippen molar-refractivity contribution in [2.45, 2.75) is 25.9 Å². The molecule has 0 bridgehead atoms. The van der Waals surface area contributed by atoms with Crippen molar-refractivity contribution in [2.24, 2.45) is 0 Å². The fraction of sp³-hybridized carbons (Fsp3) is 0.185. The zero-order valence-electron chi connectivity index (χ0n) is 20.5. The van der Waals surface area contributed by atoms with Crippen LogP contribution in [0.2, 0.25) is 0 Å². The summed E-state index contributed by atoms with van der Waals surface area (Å²) in [5.74, 6) is 0. The first-order valence-corrected chi connectivity index (χ1v) is 14.7. The highest BCUT2D eigenvalue weighted by Crippen LogP contribution is 2.44. The quantitative estimate of drug-likeness (QED) is 0.274. The number of pyridine rings is 1. The standard InChI is InChI=1S/C27H26BrN5O2S2/c1-17-15-23(18(2)32(17)22-8-6-7-19(28)16-22)26-25(24-9-4-5-14-29-24)30-27(36)33(26)21-12-10-20(11-13-21)31-37(3,34)35/h4-16,25-26,31H,1-3H3,(H,30,36)/t25-,26-/m0/s1. The van der Waals surface area contributed by atoms with Crippen LogP contribution < -0.4 is 14.9 Å². The molecule has 2 atom stereocenters. The third-order valence-electron chi connectivity index (χ3n) is 6.40. The molecule has 0 saturated carbocycles. The highest BCUT2D eigenvalue weighted by molar-refractivity contribution is 9.10. The highest BCUT2D eigenvalue weighted by atomic mass is 79.9. The molecule has 0 amide bonds. The van der Waals surface area contributed by atoms with Gasteiger partial charge in [0.2, 0.25) is 10.0 Å². The first-order valence-electron chi connectivity index (χ1n) is 11.7. The maximum absolute atomic E-state index is 11.7. The van der Waals surface area contributed by atoms with E-state index in [-0.39, 0.29) is 12.1 Å². The third kappa shape index (κ3) is 5.14. The Labute approximate surface area is 230 Å². The molecule has 0 unspecified atom stereocenters. The number of halogens is 1. The van der Waals surface area contributed by atoms with Crippen LogP contribution in [-0.4, -0.2) is 29.3 Å². The van der Waals surface area contributed by atoms with Gasteiger partial charge in [-0.15, -0.1) is 0 Å². The number of benzene rings is 2. The third-order valence-corrected chi connectivity index (χ3v) is 7.82. The minimum absolute atomic E-state index is 0.178. The van der Waals surface area contributed by atoms with Gasteiger partial charge in [0.1, 0.15) is 0 Å². The predicted octanol–water partition coefficient (Wildman–Crippen LogP) is 5.80. The summed E-state index contributed by atoms with van der Waals surface area (Å²) in [5.41, 5.74) is 6.64. The molecule has 1 aliphatic rings. The minimum Gasteiger partial charge on any atom is -0.351 e. The van der Waals surface area contributed by atoms with Gasteiger partial charge in [0.25, 0.3) is 0 Å². The Morgan fingerprint density at radius 2 is 1.76 bits per heavy atom. The molecule has 10 heteroatoms. The van der Waals surface area contributed by atoms with E-state index < -0.39 is 10.0 Å². The van der Waals surface area contributed by atoms with E-state index in [1.165, 1.54) is 0 Å². The van der Waals surface area contributed by atoms with Crippen molar-refractivity contribution in [2.75, 3.05) is 15.9 Å². The molecule has 0 spiro atoms. The SMILES string of the molecule is Cc1cc([C@H]2[C@H](c3ccccn3)NC(=S)N2c2ccc(NS(C)(=O)=O)cc2)c(C)n1-c1cccc(Br)c1. The van der Waals surface area contributed by atoms with E-state index in [0.717, 1.165) is 44.7 Å². The topological polar surface area (TPSA) is 79.3 Å². The molecule has 1 aliphatic heterocycles. The van der Waals surface area contributed by atoms with E-state index in [4.69, 9.17) is 12.2 Å². The first kappa shape index (κ1) is 25.4. The van der Waals surface area contributed by atoms with Crippen LogP contribution in [0.25, 0.3) is 5.69 Å². The lowest BCUT2D eigenvalue weighted by atomic mass is 9.96. The molecular formula is C27H26BrN5O2S2. The number of rotatable bonds is 6. The normalized spacial score (nSPS) is 17.6. The molecule has 2 aromatic heterocycles. The van der Waals surface area contributed by atoms with Crippen molar-refractivity contribution in [1.29, 1.82) is 0 Å². The highest BCUT2D eigenvalue weighted by Gasteiger charge is 2.42. The predicted molar refractivity (Wildman–Crippen MR) is 156 cm³/mol. The van der Waals surface area contributed by atoms with Gasteiger partial charge in [-0.2, -0.15) is 0 Å². The van der Waals surface area contributed by atoms with Crippen LogP contribution in [0.4, 0.5) is 11.4 Å². The van der Waals surface area contributed by atoms with Crippen molar-refractivity contribution >= 4 is 54.7 Å². The maximum atomic E-state index is 11.7. The Hall–Kier alpha value is -3.21. The smallest absolute Gasteiger partial charge is 0.229 e. The summed E-state index contributed by atoms with van der Waals surface area (Å²) in [4.78, 5) is 6.73. The summed E-state index contributed by atoms with van der Waals surface area (Å²) in [7, 11) is -3.37. The molecule has 7 nitrogen and oxygen atoms in total. The zero-order valence-corrected chi connectivity index (χ0v) is 23.7. The molecule has 2 N–H and O–H groups in total. The molecule has 37 heavy (non-hydrogen) atoms. The average molecular weight is 597 g/mol. The van der Waals surface area contributed by atoms with Crippen molar-refractivity contribution in [3.63, 3.8) is 0 Å². The van der Waals surface area contributed by atoms with Crippen LogP contribution in [0.5, 0.6) is 0 Å². The molecule has 2 aromatic carbocycles. The number of nitrogens with zero attached hydrogens (tertiary/aromatic N) is 3.